The second kappa shape index (κ2) is 3.95. The van der Waals surface area contributed by atoms with Crippen molar-refractivity contribution in [3.63, 3.8) is 0 Å². The summed E-state index contributed by atoms with van der Waals surface area (Å²) in [7, 11) is 0. The SMILES string of the molecule is CC(C)Oc1ccc(C2(N)CC(F)(F)C2)cc1. The number of halogens is 2. The van der Waals surface area contributed by atoms with Crippen molar-refractivity contribution >= 4 is 0 Å². The van der Waals surface area contributed by atoms with Crippen molar-refractivity contribution in [3.8, 4) is 5.75 Å². The van der Waals surface area contributed by atoms with Gasteiger partial charge in [0.05, 0.1) is 11.6 Å². The van der Waals surface area contributed by atoms with E-state index in [1.807, 2.05) is 13.8 Å². The predicted molar refractivity (Wildman–Crippen MR) is 62.3 cm³/mol. The molecule has 0 spiro atoms. The smallest absolute Gasteiger partial charge is 0.252 e. The standard InChI is InChI=1S/C13H17F2NO/c1-9(2)17-11-5-3-10(4-6-11)12(16)7-13(14,15)8-12/h3-6,9H,7-8,16H2,1-2H3. The molecule has 2 nitrogen and oxygen atoms in total. The monoisotopic (exact) mass is 241 g/mol. The number of nitrogens with two attached hydrogens (primary N) is 1. The summed E-state index contributed by atoms with van der Waals surface area (Å²) in [4.78, 5) is 0. The average molecular weight is 241 g/mol. The summed E-state index contributed by atoms with van der Waals surface area (Å²) < 4.78 is 31.2. The molecule has 0 heterocycles. The largest absolute Gasteiger partial charge is 0.491 e. The summed E-state index contributed by atoms with van der Waals surface area (Å²) in [6.07, 6.45) is -0.449. The van der Waals surface area contributed by atoms with Crippen molar-refractivity contribution in [2.24, 2.45) is 5.73 Å². The van der Waals surface area contributed by atoms with Crippen LogP contribution in [0.1, 0.15) is 32.3 Å². The number of hydrogen-bond donors (Lipinski definition) is 1. The minimum absolute atomic E-state index is 0.0979. The highest BCUT2D eigenvalue weighted by Gasteiger charge is 2.55. The van der Waals surface area contributed by atoms with Crippen LogP contribution in [0.5, 0.6) is 5.75 Å². The van der Waals surface area contributed by atoms with Gasteiger partial charge in [-0.05, 0) is 31.5 Å². The molecule has 1 fully saturated rings. The van der Waals surface area contributed by atoms with Crippen molar-refractivity contribution < 1.29 is 13.5 Å². The highest BCUT2D eigenvalue weighted by molar-refractivity contribution is 5.34. The second-order valence-corrected chi connectivity index (χ2v) is 5.06. The summed E-state index contributed by atoms with van der Waals surface area (Å²) in [6, 6.07) is 7.10. The van der Waals surface area contributed by atoms with Gasteiger partial charge < -0.3 is 10.5 Å². The maximum Gasteiger partial charge on any atom is 0.252 e. The van der Waals surface area contributed by atoms with Gasteiger partial charge in [-0.3, -0.25) is 0 Å². The Morgan fingerprint density at radius 3 is 2.12 bits per heavy atom. The van der Waals surface area contributed by atoms with E-state index < -0.39 is 11.5 Å². The molecule has 17 heavy (non-hydrogen) atoms. The molecule has 1 saturated carbocycles. The molecule has 1 aromatic carbocycles. The zero-order valence-electron chi connectivity index (χ0n) is 10.0. The van der Waals surface area contributed by atoms with Crippen LogP contribution in [0, 0.1) is 0 Å². The third-order valence-electron chi connectivity index (χ3n) is 2.95. The summed E-state index contributed by atoms with van der Waals surface area (Å²) in [5.41, 5.74) is 5.80. The Morgan fingerprint density at radius 2 is 1.71 bits per heavy atom. The van der Waals surface area contributed by atoms with Crippen LogP contribution in [0.2, 0.25) is 0 Å². The van der Waals surface area contributed by atoms with Crippen LogP contribution in [0.3, 0.4) is 0 Å². The van der Waals surface area contributed by atoms with Gasteiger partial charge in [0.1, 0.15) is 5.75 Å². The van der Waals surface area contributed by atoms with E-state index in [9.17, 15) is 8.78 Å². The lowest BCUT2D eigenvalue weighted by atomic mass is 9.70. The van der Waals surface area contributed by atoms with E-state index >= 15 is 0 Å². The summed E-state index contributed by atoms with van der Waals surface area (Å²) in [5.74, 6) is -1.87. The van der Waals surface area contributed by atoms with Crippen molar-refractivity contribution in [3.05, 3.63) is 29.8 Å². The van der Waals surface area contributed by atoms with Gasteiger partial charge >= 0.3 is 0 Å². The van der Waals surface area contributed by atoms with Crippen molar-refractivity contribution in [2.75, 3.05) is 0 Å². The van der Waals surface area contributed by atoms with Crippen LogP contribution in [-0.4, -0.2) is 12.0 Å². The van der Waals surface area contributed by atoms with Crippen LogP contribution in [-0.2, 0) is 5.54 Å². The highest BCUT2D eigenvalue weighted by atomic mass is 19.3. The van der Waals surface area contributed by atoms with Gasteiger partial charge in [-0.2, -0.15) is 0 Å². The van der Waals surface area contributed by atoms with Crippen LogP contribution < -0.4 is 10.5 Å². The van der Waals surface area contributed by atoms with Crippen molar-refractivity contribution in [2.45, 2.75) is 44.3 Å². The Kier molecular flexibility index (Phi) is 2.86. The minimum atomic E-state index is -2.61. The maximum atomic E-state index is 12.9. The molecule has 0 atom stereocenters. The lowest BCUT2D eigenvalue weighted by Crippen LogP contribution is -2.55. The molecule has 0 unspecified atom stereocenters. The molecule has 1 aliphatic carbocycles. The van der Waals surface area contributed by atoms with Crippen LogP contribution in [0.25, 0.3) is 0 Å². The Bertz CT molecular complexity index is 392. The molecule has 94 valence electrons. The van der Waals surface area contributed by atoms with Crippen LogP contribution in [0.4, 0.5) is 8.78 Å². The quantitative estimate of drug-likeness (QED) is 0.882. The maximum absolute atomic E-state index is 12.9. The van der Waals surface area contributed by atoms with Crippen molar-refractivity contribution in [1.29, 1.82) is 0 Å². The van der Waals surface area contributed by atoms with Gasteiger partial charge in [0, 0.05) is 12.8 Å². The van der Waals surface area contributed by atoms with E-state index in [-0.39, 0.29) is 18.9 Å². The Morgan fingerprint density at radius 1 is 1.18 bits per heavy atom. The molecule has 0 radical (unpaired) electrons. The number of hydrogen-bond acceptors (Lipinski definition) is 2. The van der Waals surface area contributed by atoms with Crippen LogP contribution in [0.15, 0.2) is 24.3 Å². The topological polar surface area (TPSA) is 35.2 Å². The fourth-order valence-corrected chi connectivity index (χ4v) is 2.21. The molecule has 0 bridgehead atoms. The molecule has 1 aromatic rings. The normalized spacial score (nSPS) is 21.1. The first-order valence-corrected chi connectivity index (χ1v) is 5.75. The third-order valence-corrected chi connectivity index (χ3v) is 2.95. The van der Waals surface area contributed by atoms with E-state index in [1.54, 1.807) is 24.3 Å². The molecular weight excluding hydrogens is 224 g/mol. The van der Waals surface area contributed by atoms with Crippen molar-refractivity contribution in [1.82, 2.24) is 0 Å². The van der Waals surface area contributed by atoms with Gasteiger partial charge in [0.2, 0.25) is 0 Å². The lowest BCUT2D eigenvalue weighted by molar-refractivity contribution is -0.125. The third kappa shape index (κ3) is 2.57. The Hall–Kier alpha value is -1.16. The molecule has 0 aromatic heterocycles. The second-order valence-electron chi connectivity index (χ2n) is 5.06. The lowest BCUT2D eigenvalue weighted by Gasteiger charge is -2.44. The Balaban J connectivity index is 2.09. The molecule has 0 amide bonds. The first-order chi connectivity index (χ1) is 7.81. The molecule has 0 aliphatic heterocycles. The summed E-state index contributed by atoms with van der Waals surface area (Å²) >= 11 is 0. The first-order valence-electron chi connectivity index (χ1n) is 5.75. The fourth-order valence-electron chi connectivity index (χ4n) is 2.21. The number of rotatable bonds is 3. The van der Waals surface area contributed by atoms with Gasteiger partial charge in [-0.15, -0.1) is 0 Å². The van der Waals surface area contributed by atoms with E-state index in [2.05, 4.69) is 0 Å². The van der Waals surface area contributed by atoms with Gasteiger partial charge in [0.25, 0.3) is 5.92 Å². The van der Waals surface area contributed by atoms with Gasteiger partial charge in [0.15, 0.2) is 0 Å². The summed E-state index contributed by atoms with van der Waals surface area (Å²) in [5, 5.41) is 0. The van der Waals surface area contributed by atoms with Gasteiger partial charge in [-0.1, -0.05) is 12.1 Å². The number of ether oxygens (including phenoxy) is 1. The molecule has 1 aliphatic rings. The van der Waals surface area contributed by atoms with E-state index in [0.717, 1.165) is 11.3 Å². The van der Waals surface area contributed by atoms with E-state index in [4.69, 9.17) is 10.5 Å². The molecular formula is C13H17F2NO. The zero-order chi connectivity index (χ0) is 12.7. The highest BCUT2D eigenvalue weighted by Crippen LogP contribution is 2.49. The Labute approximate surface area is 99.8 Å². The predicted octanol–water partition coefficient (Wildman–Crippen LogP) is 3.06. The number of benzene rings is 1. The molecule has 4 heteroatoms. The van der Waals surface area contributed by atoms with E-state index in [1.165, 1.54) is 0 Å². The first kappa shape index (κ1) is 12.3. The van der Waals surface area contributed by atoms with E-state index in [0.29, 0.717) is 0 Å². The fraction of sp³-hybridized carbons (Fsp3) is 0.538. The average Bonchev–Trinajstić information content (AvgIpc) is 2.14. The van der Waals surface area contributed by atoms with Gasteiger partial charge in [-0.25, -0.2) is 8.78 Å². The summed E-state index contributed by atoms with van der Waals surface area (Å²) in [6.45, 7) is 3.87. The minimum Gasteiger partial charge on any atom is -0.491 e. The zero-order valence-corrected chi connectivity index (χ0v) is 10.0. The molecule has 2 N–H and O–H groups in total. The number of alkyl halides is 2. The molecule has 2 rings (SSSR count). The van der Waals surface area contributed by atoms with Crippen LogP contribution >= 0.6 is 0 Å². The molecule has 0 saturated heterocycles.